The van der Waals surface area contributed by atoms with Crippen LogP contribution in [0.5, 0.6) is 11.5 Å². The molecule has 0 atom stereocenters. The Morgan fingerprint density at radius 1 is 1.08 bits per heavy atom. The minimum absolute atomic E-state index is 0.252. The number of rotatable bonds is 6. The molecule has 3 amide bonds. The highest BCUT2D eigenvalue weighted by molar-refractivity contribution is 6.07. The molecule has 0 saturated carbocycles. The van der Waals surface area contributed by atoms with E-state index in [1.807, 2.05) is 0 Å². The summed E-state index contributed by atoms with van der Waals surface area (Å²) in [5, 5.41) is 0. The first-order valence-corrected chi connectivity index (χ1v) is 7.62. The fourth-order valence-corrected chi connectivity index (χ4v) is 2.18. The van der Waals surface area contributed by atoms with E-state index in [-0.39, 0.29) is 6.54 Å². The van der Waals surface area contributed by atoms with Gasteiger partial charge in [0.05, 0.1) is 0 Å². The van der Waals surface area contributed by atoms with Crippen molar-refractivity contribution >= 4 is 17.7 Å². The van der Waals surface area contributed by atoms with Gasteiger partial charge in [-0.15, -0.1) is 0 Å². The molecule has 0 radical (unpaired) electrons. The Bertz CT molecular complexity index is 812. The summed E-state index contributed by atoms with van der Waals surface area (Å²) in [6, 6.07) is 12.8. The van der Waals surface area contributed by atoms with Crippen LogP contribution in [0.15, 0.2) is 61.2 Å². The third-order valence-electron chi connectivity index (χ3n) is 3.46. The van der Waals surface area contributed by atoms with E-state index in [0.717, 1.165) is 11.0 Å². The average Bonchev–Trinajstić information content (AvgIpc) is 2.62. The van der Waals surface area contributed by atoms with E-state index < -0.39 is 17.7 Å². The van der Waals surface area contributed by atoms with Crippen LogP contribution < -0.4 is 10.5 Å². The molecule has 0 bridgehead atoms. The lowest BCUT2D eigenvalue weighted by atomic mass is 10.2. The molecule has 2 aromatic carbocycles. The number of ether oxygens (including phenoxy) is 1. The topological polar surface area (TPSA) is 89.7 Å². The summed E-state index contributed by atoms with van der Waals surface area (Å²) >= 11 is 0. The monoisotopic (exact) mass is 338 g/mol. The summed E-state index contributed by atoms with van der Waals surface area (Å²) in [5.41, 5.74) is 5.93. The minimum atomic E-state index is -0.544. The summed E-state index contributed by atoms with van der Waals surface area (Å²) in [6.45, 7) is 5.35. The number of hydrogen-bond donors (Lipinski definition) is 1. The lowest BCUT2D eigenvalue weighted by Crippen LogP contribution is -2.35. The zero-order chi connectivity index (χ0) is 18.4. The largest absolute Gasteiger partial charge is 0.457 e. The maximum atomic E-state index is 12.3. The number of nitrogens with two attached hydrogens (primary N) is 1. The lowest BCUT2D eigenvalue weighted by Gasteiger charge is -2.17. The Balaban J connectivity index is 2.15. The highest BCUT2D eigenvalue weighted by Gasteiger charge is 2.18. The number of amides is 3. The van der Waals surface area contributed by atoms with Gasteiger partial charge in [0.15, 0.2) is 0 Å². The molecule has 0 aliphatic carbocycles. The number of carbonyl (C=O) groups excluding carboxylic acids is 3. The third-order valence-corrected chi connectivity index (χ3v) is 3.46. The Kier molecular flexibility index (Phi) is 5.68. The average molecular weight is 338 g/mol. The number of nitrogens with zero attached hydrogens (tertiary/aromatic N) is 1. The Morgan fingerprint density at radius 2 is 1.76 bits per heavy atom. The van der Waals surface area contributed by atoms with Gasteiger partial charge in [0.1, 0.15) is 11.5 Å². The molecule has 25 heavy (non-hydrogen) atoms. The van der Waals surface area contributed by atoms with Crippen LogP contribution in [-0.4, -0.2) is 29.2 Å². The van der Waals surface area contributed by atoms with Gasteiger partial charge in [-0.2, -0.15) is 0 Å². The van der Waals surface area contributed by atoms with Gasteiger partial charge in [0.2, 0.25) is 5.91 Å². The first kappa shape index (κ1) is 17.9. The maximum Gasteiger partial charge on any atom is 0.260 e. The fraction of sp³-hybridized carbons (Fsp3) is 0.105. The fourth-order valence-electron chi connectivity index (χ4n) is 2.18. The molecule has 2 N–H and O–H groups in total. The molecule has 0 aliphatic heterocycles. The van der Waals surface area contributed by atoms with Gasteiger partial charge in [-0.05, 0) is 55.5 Å². The third kappa shape index (κ3) is 4.32. The number of likely N-dealkylation sites (N-methyl/N-ethyl adjacent to an activating group) is 1. The van der Waals surface area contributed by atoms with E-state index in [4.69, 9.17) is 10.5 Å². The Hall–Kier alpha value is -3.41. The minimum Gasteiger partial charge on any atom is -0.457 e. The molecule has 128 valence electrons. The van der Waals surface area contributed by atoms with Crippen molar-refractivity contribution in [1.29, 1.82) is 0 Å². The predicted octanol–water partition coefficient (Wildman–Crippen LogP) is 2.75. The molecule has 6 nitrogen and oxygen atoms in total. The van der Waals surface area contributed by atoms with Crippen LogP contribution in [0.3, 0.4) is 0 Å². The molecule has 0 unspecified atom stereocenters. The smallest absolute Gasteiger partial charge is 0.260 e. The SMILES string of the molecule is C=CC(=O)N(CC)C(=O)c1ccc(Oc2cccc(C(N)=O)c2)cc1. The van der Waals surface area contributed by atoms with Gasteiger partial charge >= 0.3 is 0 Å². The molecule has 0 fully saturated rings. The predicted molar refractivity (Wildman–Crippen MR) is 93.4 cm³/mol. The van der Waals surface area contributed by atoms with E-state index in [9.17, 15) is 14.4 Å². The summed E-state index contributed by atoms with van der Waals surface area (Å²) in [6.07, 6.45) is 1.10. The van der Waals surface area contributed by atoms with Crippen LogP contribution in [0.25, 0.3) is 0 Å². The highest BCUT2D eigenvalue weighted by atomic mass is 16.5. The van der Waals surface area contributed by atoms with Crippen molar-refractivity contribution in [3.8, 4) is 11.5 Å². The molecule has 0 heterocycles. The lowest BCUT2D eigenvalue weighted by molar-refractivity contribution is -0.123. The van der Waals surface area contributed by atoms with Gasteiger partial charge in [-0.25, -0.2) is 0 Å². The van der Waals surface area contributed by atoms with Crippen LogP contribution in [0, 0.1) is 0 Å². The summed E-state index contributed by atoms with van der Waals surface area (Å²) in [7, 11) is 0. The zero-order valence-corrected chi connectivity index (χ0v) is 13.8. The molecule has 0 saturated heterocycles. The molecule has 2 aromatic rings. The van der Waals surface area contributed by atoms with Crippen molar-refractivity contribution < 1.29 is 19.1 Å². The number of benzene rings is 2. The van der Waals surface area contributed by atoms with Crippen LogP contribution >= 0.6 is 0 Å². The number of carbonyl (C=O) groups is 3. The first-order chi connectivity index (χ1) is 12.0. The van der Waals surface area contributed by atoms with Crippen LogP contribution in [0.1, 0.15) is 27.6 Å². The van der Waals surface area contributed by atoms with Gasteiger partial charge in [-0.3, -0.25) is 19.3 Å². The second kappa shape index (κ2) is 7.92. The van der Waals surface area contributed by atoms with Crippen molar-refractivity contribution in [2.75, 3.05) is 6.54 Å². The van der Waals surface area contributed by atoms with Crippen molar-refractivity contribution in [2.45, 2.75) is 6.92 Å². The van der Waals surface area contributed by atoms with Crippen LogP contribution in [-0.2, 0) is 4.79 Å². The maximum absolute atomic E-state index is 12.3. The van der Waals surface area contributed by atoms with Crippen molar-refractivity contribution in [3.63, 3.8) is 0 Å². The highest BCUT2D eigenvalue weighted by Crippen LogP contribution is 2.23. The van der Waals surface area contributed by atoms with Gasteiger partial charge in [0.25, 0.3) is 11.8 Å². The van der Waals surface area contributed by atoms with E-state index in [1.54, 1.807) is 49.4 Å². The normalized spacial score (nSPS) is 9.96. The van der Waals surface area contributed by atoms with Crippen LogP contribution in [0.4, 0.5) is 0 Å². The molecular formula is C19H18N2O4. The molecular weight excluding hydrogens is 320 g/mol. The van der Waals surface area contributed by atoms with E-state index >= 15 is 0 Å². The second-order valence-corrected chi connectivity index (χ2v) is 5.11. The second-order valence-electron chi connectivity index (χ2n) is 5.11. The number of hydrogen-bond acceptors (Lipinski definition) is 4. The van der Waals surface area contributed by atoms with Gasteiger partial charge < -0.3 is 10.5 Å². The van der Waals surface area contributed by atoms with Gasteiger partial charge in [-0.1, -0.05) is 12.6 Å². The summed E-state index contributed by atoms with van der Waals surface area (Å²) in [5.74, 6) is -0.465. The molecule has 0 aliphatic rings. The van der Waals surface area contributed by atoms with E-state index in [2.05, 4.69) is 6.58 Å². The molecule has 0 spiro atoms. The van der Waals surface area contributed by atoms with E-state index in [0.29, 0.717) is 22.6 Å². The number of primary amides is 1. The molecule has 2 rings (SSSR count). The Labute approximate surface area is 145 Å². The van der Waals surface area contributed by atoms with Crippen molar-refractivity contribution in [1.82, 2.24) is 4.90 Å². The zero-order valence-electron chi connectivity index (χ0n) is 13.8. The first-order valence-electron chi connectivity index (χ1n) is 7.62. The molecule has 0 aromatic heterocycles. The van der Waals surface area contributed by atoms with Crippen LogP contribution in [0.2, 0.25) is 0 Å². The van der Waals surface area contributed by atoms with E-state index in [1.165, 1.54) is 6.07 Å². The van der Waals surface area contributed by atoms with Crippen molar-refractivity contribution in [3.05, 3.63) is 72.3 Å². The van der Waals surface area contributed by atoms with Gasteiger partial charge in [0, 0.05) is 17.7 Å². The summed E-state index contributed by atoms with van der Waals surface area (Å²) < 4.78 is 5.64. The standard InChI is InChI=1S/C19H18N2O4/c1-3-17(22)21(4-2)19(24)13-8-10-15(11-9-13)25-16-7-5-6-14(12-16)18(20)23/h3,5-12H,1,4H2,2H3,(H2,20,23). The quantitative estimate of drug-likeness (QED) is 0.820. The molecule has 6 heteroatoms. The Morgan fingerprint density at radius 3 is 2.32 bits per heavy atom. The summed E-state index contributed by atoms with van der Waals surface area (Å²) in [4.78, 5) is 36.3. The van der Waals surface area contributed by atoms with Crippen molar-refractivity contribution in [2.24, 2.45) is 5.73 Å². The number of imide groups is 1.